The molecular weight excluding hydrogens is 184 g/mol. The van der Waals surface area contributed by atoms with Gasteiger partial charge in [-0.3, -0.25) is 4.79 Å². The van der Waals surface area contributed by atoms with Crippen LogP contribution in [-0.4, -0.2) is 27.0 Å². The quantitative estimate of drug-likeness (QED) is 0.548. The Balaban J connectivity index is 4.05. The van der Waals surface area contributed by atoms with E-state index >= 15 is 0 Å². The van der Waals surface area contributed by atoms with E-state index in [0.717, 1.165) is 0 Å². The van der Waals surface area contributed by atoms with Crippen molar-refractivity contribution in [3.05, 3.63) is 0 Å². The fraction of sp³-hybridized carbons (Fsp3) is 0.800. The van der Waals surface area contributed by atoms with E-state index in [-0.39, 0.29) is 6.61 Å². The summed E-state index contributed by atoms with van der Waals surface area (Å²) in [6, 6.07) is -0.944. The Kier molecular flexibility index (Phi) is 4.15. The predicted octanol–water partition coefficient (Wildman–Crippen LogP) is -1.27. The number of ether oxygens (including phenoxy) is 1. The molecule has 7 heteroatoms. The summed E-state index contributed by atoms with van der Waals surface area (Å²) in [6.45, 7) is 3.18. The fourth-order valence-corrected chi connectivity index (χ4v) is 1.15. The lowest BCUT2D eigenvalue weighted by Crippen LogP contribution is -2.42. The Morgan fingerprint density at radius 1 is 1.67 bits per heavy atom. The van der Waals surface area contributed by atoms with E-state index < -0.39 is 22.2 Å². The highest BCUT2D eigenvalue weighted by atomic mass is 32.2. The van der Waals surface area contributed by atoms with E-state index in [0.29, 0.717) is 0 Å². The molecule has 0 rings (SSSR count). The Labute approximate surface area is 71.3 Å². The summed E-state index contributed by atoms with van der Waals surface area (Å²) < 4.78 is 27.2. The fourth-order valence-electron chi connectivity index (χ4n) is 0.562. The maximum atomic E-state index is 10.8. The van der Waals surface area contributed by atoms with Crippen molar-refractivity contribution in [3.63, 3.8) is 0 Å². The summed E-state index contributed by atoms with van der Waals surface area (Å²) in [6.07, 6.45) is 0. The summed E-state index contributed by atoms with van der Waals surface area (Å²) >= 11 is 0. The van der Waals surface area contributed by atoms with Crippen molar-refractivity contribution in [2.24, 2.45) is 5.14 Å². The first kappa shape index (κ1) is 11.3. The minimum atomic E-state index is -3.84. The third-order valence-corrected chi connectivity index (χ3v) is 1.66. The van der Waals surface area contributed by atoms with E-state index in [1.165, 1.54) is 6.92 Å². The molecule has 0 aromatic carbocycles. The SMILES string of the molecule is CCOC(=O)C(C)NS(N)(=O)=O. The smallest absolute Gasteiger partial charge is 0.323 e. The Bertz CT molecular complexity index is 248. The van der Waals surface area contributed by atoms with Crippen LogP contribution in [0.5, 0.6) is 0 Å². The molecule has 1 unspecified atom stereocenters. The molecule has 3 N–H and O–H groups in total. The van der Waals surface area contributed by atoms with Crippen LogP contribution in [0.2, 0.25) is 0 Å². The summed E-state index contributed by atoms with van der Waals surface area (Å²) in [7, 11) is -3.84. The second-order valence-corrected chi connectivity index (χ2v) is 3.46. The maximum Gasteiger partial charge on any atom is 0.323 e. The molecule has 0 aliphatic heterocycles. The van der Waals surface area contributed by atoms with Crippen molar-refractivity contribution in [1.82, 2.24) is 4.72 Å². The zero-order chi connectivity index (χ0) is 9.78. The molecule has 0 heterocycles. The molecule has 1 atom stereocenters. The van der Waals surface area contributed by atoms with Gasteiger partial charge < -0.3 is 4.74 Å². The molecule has 0 radical (unpaired) electrons. The highest BCUT2D eigenvalue weighted by molar-refractivity contribution is 7.87. The molecule has 0 saturated carbocycles. The molecule has 12 heavy (non-hydrogen) atoms. The van der Waals surface area contributed by atoms with Gasteiger partial charge in [-0.05, 0) is 13.8 Å². The van der Waals surface area contributed by atoms with Gasteiger partial charge in [0.2, 0.25) is 0 Å². The summed E-state index contributed by atoms with van der Waals surface area (Å²) in [5, 5.41) is 4.62. The summed E-state index contributed by atoms with van der Waals surface area (Å²) in [4.78, 5) is 10.8. The number of nitrogens with two attached hydrogens (primary N) is 1. The molecule has 0 aromatic heterocycles. The van der Waals surface area contributed by atoms with Gasteiger partial charge in [0.15, 0.2) is 0 Å². The second-order valence-electron chi connectivity index (χ2n) is 2.14. The normalized spacial score (nSPS) is 13.9. The lowest BCUT2D eigenvalue weighted by molar-refractivity contribution is -0.144. The van der Waals surface area contributed by atoms with Gasteiger partial charge in [0.25, 0.3) is 10.2 Å². The van der Waals surface area contributed by atoms with Gasteiger partial charge in [0, 0.05) is 0 Å². The summed E-state index contributed by atoms with van der Waals surface area (Å²) in [5.74, 6) is -0.647. The standard InChI is InChI=1S/C5H12N2O4S/c1-3-11-5(8)4(2)7-12(6,9)10/h4,7H,3H2,1-2H3,(H2,6,9,10). The van der Waals surface area contributed by atoms with Crippen LogP contribution < -0.4 is 9.86 Å². The first-order valence-electron chi connectivity index (χ1n) is 3.33. The molecule has 0 aromatic rings. The maximum absolute atomic E-state index is 10.8. The summed E-state index contributed by atoms with van der Waals surface area (Å²) in [5.41, 5.74) is 0. The molecular formula is C5H12N2O4S. The molecule has 0 fully saturated rings. The second kappa shape index (κ2) is 4.39. The number of hydrogen-bond acceptors (Lipinski definition) is 4. The third kappa shape index (κ3) is 5.05. The number of carbonyl (C=O) groups excluding carboxylic acids is 1. The van der Waals surface area contributed by atoms with E-state index in [4.69, 9.17) is 0 Å². The van der Waals surface area contributed by atoms with E-state index in [1.807, 2.05) is 4.72 Å². The van der Waals surface area contributed by atoms with Gasteiger partial charge in [-0.2, -0.15) is 13.1 Å². The largest absolute Gasteiger partial charge is 0.465 e. The molecule has 0 aliphatic carbocycles. The van der Waals surface area contributed by atoms with Crippen LogP contribution in [0.3, 0.4) is 0 Å². The molecule has 0 amide bonds. The van der Waals surface area contributed by atoms with Crippen molar-refractivity contribution in [2.45, 2.75) is 19.9 Å². The van der Waals surface area contributed by atoms with Crippen LogP contribution in [0.4, 0.5) is 0 Å². The van der Waals surface area contributed by atoms with Crippen LogP contribution in [-0.2, 0) is 19.7 Å². The monoisotopic (exact) mass is 196 g/mol. The van der Waals surface area contributed by atoms with Gasteiger partial charge in [0.1, 0.15) is 6.04 Å². The minimum absolute atomic E-state index is 0.204. The molecule has 0 spiro atoms. The van der Waals surface area contributed by atoms with Crippen molar-refractivity contribution in [2.75, 3.05) is 6.61 Å². The Morgan fingerprint density at radius 3 is 2.50 bits per heavy atom. The average molecular weight is 196 g/mol. The van der Waals surface area contributed by atoms with E-state index in [2.05, 4.69) is 9.88 Å². The van der Waals surface area contributed by atoms with Crippen LogP contribution in [0.25, 0.3) is 0 Å². The lowest BCUT2D eigenvalue weighted by atomic mass is 10.4. The zero-order valence-electron chi connectivity index (χ0n) is 6.90. The lowest BCUT2D eigenvalue weighted by Gasteiger charge is -2.09. The van der Waals surface area contributed by atoms with E-state index in [1.54, 1.807) is 6.92 Å². The van der Waals surface area contributed by atoms with Crippen molar-refractivity contribution in [3.8, 4) is 0 Å². The number of esters is 1. The molecule has 0 aliphatic rings. The molecule has 0 saturated heterocycles. The van der Waals surface area contributed by atoms with Crippen LogP contribution in [0, 0.1) is 0 Å². The highest BCUT2D eigenvalue weighted by Crippen LogP contribution is 1.88. The topological polar surface area (TPSA) is 98.5 Å². The van der Waals surface area contributed by atoms with Crippen LogP contribution in [0.1, 0.15) is 13.8 Å². The number of hydrogen-bond donors (Lipinski definition) is 2. The van der Waals surface area contributed by atoms with Crippen molar-refractivity contribution in [1.29, 1.82) is 0 Å². The number of carbonyl (C=O) groups is 1. The zero-order valence-corrected chi connectivity index (χ0v) is 7.72. The van der Waals surface area contributed by atoms with E-state index in [9.17, 15) is 13.2 Å². The average Bonchev–Trinajstić information content (AvgIpc) is 1.84. The number of nitrogens with one attached hydrogen (secondary N) is 1. The van der Waals surface area contributed by atoms with Gasteiger partial charge in [-0.15, -0.1) is 0 Å². The van der Waals surface area contributed by atoms with Gasteiger partial charge in [-0.25, -0.2) is 5.14 Å². The van der Waals surface area contributed by atoms with Gasteiger partial charge in [0.05, 0.1) is 6.61 Å². The predicted molar refractivity (Wildman–Crippen MR) is 42.3 cm³/mol. The van der Waals surface area contributed by atoms with Crippen LogP contribution in [0.15, 0.2) is 0 Å². The Hall–Kier alpha value is -0.660. The van der Waals surface area contributed by atoms with Gasteiger partial charge >= 0.3 is 5.97 Å². The van der Waals surface area contributed by atoms with Crippen LogP contribution >= 0.6 is 0 Å². The highest BCUT2D eigenvalue weighted by Gasteiger charge is 2.17. The molecule has 72 valence electrons. The first-order valence-corrected chi connectivity index (χ1v) is 4.88. The number of rotatable bonds is 4. The third-order valence-electron chi connectivity index (χ3n) is 0.981. The van der Waals surface area contributed by atoms with Crippen molar-refractivity contribution >= 4 is 16.2 Å². The first-order chi connectivity index (χ1) is 5.37. The Morgan fingerprint density at radius 2 is 2.17 bits per heavy atom. The van der Waals surface area contributed by atoms with Gasteiger partial charge in [-0.1, -0.05) is 0 Å². The molecule has 0 bridgehead atoms. The molecule has 6 nitrogen and oxygen atoms in total. The minimum Gasteiger partial charge on any atom is -0.465 e. The van der Waals surface area contributed by atoms with Crippen molar-refractivity contribution < 1.29 is 17.9 Å².